The Labute approximate surface area is 62.4 Å². The lowest BCUT2D eigenvalue weighted by Crippen LogP contribution is -1.94. The van der Waals surface area contributed by atoms with Crippen molar-refractivity contribution in [1.29, 1.82) is 0 Å². The molecule has 1 atom stereocenters. The summed E-state index contributed by atoms with van der Waals surface area (Å²) >= 11 is 0. The van der Waals surface area contributed by atoms with Gasteiger partial charge >= 0.3 is 0 Å². The molecule has 0 saturated heterocycles. The molecule has 0 bridgehead atoms. The highest BCUT2D eigenvalue weighted by Gasteiger charge is 1.98. The van der Waals surface area contributed by atoms with Crippen molar-refractivity contribution in [3.05, 3.63) is 24.8 Å². The van der Waals surface area contributed by atoms with Gasteiger partial charge in [0.25, 0.3) is 0 Å². The van der Waals surface area contributed by atoms with Crippen LogP contribution >= 0.6 is 0 Å². The maximum atomic E-state index is 10.1. The van der Waals surface area contributed by atoms with E-state index in [1.807, 2.05) is 25.2 Å². The van der Waals surface area contributed by atoms with Gasteiger partial charge in [-0.1, -0.05) is 18.2 Å². The van der Waals surface area contributed by atoms with Gasteiger partial charge in [0.15, 0.2) is 0 Å². The second kappa shape index (κ2) is 6.27. The fourth-order valence-electron chi connectivity index (χ4n) is 0.863. The predicted octanol–water partition coefficient (Wildman–Crippen LogP) is 2.34. The normalized spacial score (nSPS) is 13.3. The summed E-state index contributed by atoms with van der Waals surface area (Å²) in [5.74, 6) is 0.361. The molecule has 0 unspecified atom stereocenters. The number of allylic oxidation sites excluding steroid dienone is 3. The molecule has 0 aliphatic carbocycles. The van der Waals surface area contributed by atoms with Gasteiger partial charge in [0.2, 0.25) is 0 Å². The van der Waals surface area contributed by atoms with Crippen molar-refractivity contribution in [1.82, 2.24) is 0 Å². The van der Waals surface area contributed by atoms with E-state index in [0.29, 0.717) is 12.3 Å². The first-order valence-electron chi connectivity index (χ1n) is 3.52. The third-order valence-corrected chi connectivity index (χ3v) is 1.33. The summed E-state index contributed by atoms with van der Waals surface area (Å²) in [6.07, 6.45) is 8.30. The molecule has 0 aliphatic rings. The molecule has 0 amide bonds. The zero-order valence-electron chi connectivity index (χ0n) is 6.42. The molecule has 10 heavy (non-hydrogen) atoms. The summed E-state index contributed by atoms with van der Waals surface area (Å²) in [4.78, 5) is 10.1. The summed E-state index contributed by atoms with van der Waals surface area (Å²) in [5.41, 5.74) is 0. The van der Waals surface area contributed by atoms with Crippen molar-refractivity contribution in [3.63, 3.8) is 0 Å². The Morgan fingerprint density at radius 3 is 2.60 bits per heavy atom. The van der Waals surface area contributed by atoms with Crippen LogP contribution in [0.3, 0.4) is 0 Å². The molecule has 0 heterocycles. The Morgan fingerprint density at radius 2 is 2.20 bits per heavy atom. The molecule has 0 aliphatic heterocycles. The average molecular weight is 138 g/mol. The SMILES string of the molecule is C=CC[C@H](/C=C/C)CC=O. The van der Waals surface area contributed by atoms with Crippen molar-refractivity contribution >= 4 is 6.29 Å². The van der Waals surface area contributed by atoms with Gasteiger partial charge in [-0.05, 0) is 19.3 Å². The molecule has 0 rings (SSSR count). The van der Waals surface area contributed by atoms with Crippen molar-refractivity contribution in [2.24, 2.45) is 5.92 Å². The Hall–Kier alpha value is -0.850. The van der Waals surface area contributed by atoms with Gasteiger partial charge in [-0.25, -0.2) is 0 Å². The minimum Gasteiger partial charge on any atom is -0.303 e. The number of rotatable bonds is 5. The van der Waals surface area contributed by atoms with E-state index in [-0.39, 0.29) is 0 Å². The molecule has 1 heteroatoms. The summed E-state index contributed by atoms with van der Waals surface area (Å²) in [5, 5.41) is 0. The topological polar surface area (TPSA) is 17.1 Å². The lowest BCUT2D eigenvalue weighted by Gasteiger charge is -2.02. The molecular weight excluding hydrogens is 124 g/mol. The Kier molecular flexibility index (Phi) is 5.74. The molecule has 0 saturated carbocycles. The standard InChI is InChI=1S/C9H14O/c1-3-5-9(6-4-2)7-8-10/h3-4,6,8-9H,1,5,7H2,2H3/b6-4+/t9-/m1/s1. The van der Waals surface area contributed by atoms with Crippen LogP contribution in [0.25, 0.3) is 0 Å². The first-order valence-corrected chi connectivity index (χ1v) is 3.52. The van der Waals surface area contributed by atoms with Crippen LogP contribution in [0.1, 0.15) is 19.8 Å². The average Bonchev–Trinajstić information content (AvgIpc) is 1.90. The molecule has 56 valence electrons. The van der Waals surface area contributed by atoms with Gasteiger partial charge in [-0.2, -0.15) is 0 Å². The van der Waals surface area contributed by atoms with E-state index in [1.165, 1.54) is 0 Å². The monoisotopic (exact) mass is 138 g/mol. The van der Waals surface area contributed by atoms with E-state index in [1.54, 1.807) is 0 Å². The maximum absolute atomic E-state index is 10.1. The number of hydrogen-bond donors (Lipinski definition) is 0. The number of aldehydes is 1. The Bertz CT molecular complexity index is 115. The highest BCUT2D eigenvalue weighted by molar-refractivity contribution is 5.50. The predicted molar refractivity (Wildman–Crippen MR) is 43.8 cm³/mol. The zero-order valence-corrected chi connectivity index (χ0v) is 6.42. The molecule has 0 radical (unpaired) electrons. The lowest BCUT2D eigenvalue weighted by atomic mass is 10.0. The molecule has 0 aromatic carbocycles. The minimum absolute atomic E-state index is 0.361. The van der Waals surface area contributed by atoms with Gasteiger partial charge in [-0.15, -0.1) is 6.58 Å². The number of hydrogen-bond acceptors (Lipinski definition) is 1. The maximum Gasteiger partial charge on any atom is 0.120 e. The summed E-state index contributed by atoms with van der Waals surface area (Å²) < 4.78 is 0. The third-order valence-electron chi connectivity index (χ3n) is 1.33. The van der Waals surface area contributed by atoms with Crippen LogP contribution in [-0.2, 0) is 4.79 Å². The Balaban J connectivity index is 3.70. The zero-order chi connectivity index (χ0) is 7.82. The lowest BCUT2D eigenvalue weighted by molar-refractivity contribution is -0.108. The van der Waals surface area contributed by atoms with E-state index in [2.05, 4.69) is 6.58 Å². The van der Waals surface area contributed by atoms with Gasteiger partial charge in [-0.3, -0.25) is 0 Å². The van der Waals surface area contributed by atoms with E-state index >= 15 is 0 Å². The van der Waals surface area contributed by atoms with E-state index in [9.17, 15) is 4.79 Å². The van der Waals surface area contributed by atoms with Gasteiger partial charge in [0.1, 0.15) is 6.29 Å². The van der Waals surface area contributed by atoms with Crippen LogP contribution in [0.2, 0.25) is 0 Å². The van der Waals surface area contributed by atoms with Gasteiger partial charge in [0, 0.05) is 6.42 Å². The van der Waals surface area contributed by atoms with Crippen LogP contribution in [0.15, 0.2) is 24.8 Å². The fraction of sp³-hybridized carbons (Fsp3) is 0.444. The molecular formula is C9H14O. The van der Waals surface area contributed by atoms with E-state index in [4.69, 9.17) is 0 Å². The smallest absolute Gasteiger partial charge is 0.120 e. The van der Waals surface area contributed by atoms with E-state index < -0.39 is 0 Å². The highest BCUT2D eigenvalue weighted by Crippen LogP contribution is 2.08. The van der Waals surface area contributed by atoms with Crippen molar-refractivity contribution in [2.75, 3.05) is 0 Å². The van der Waals surface area contributed by atoms with Crippen LogP contribution in [0, 0.1) is 5.92 Å². The van der Waals surface area contributed by atoms with Crippen LogP contribution in [0.5, 0.6) is 0 Å². The first kappa shape index (κ1) is 9.15. The molecule has 0 spiro atoms. The van der Waals surface area contributed by atoms with Crippen LogP contribution in [-0.4, -0.2) is 6.29 Å². The summed E-state index contributed by atoms with van der Waals surface area (Å²) in [6, 6.07) is 0. The van der Waals surface area contributed by atoms with E-state index in [0.717, 1.165) is 12.7 Å². The largest absolute Gasteiger partial charge is 0.303 e. The second-order valence-electron chi connectivity index (χ2n) is 2.21. The molecule has 0 fully saturated rings. The van der Waals surface area contributed by atoms with Gasteiger partial charge < -0.3 is 4.79 Å². The molecule has 0 N–H and O–H groups in total. The quantitative estimate of drug-likeness (QED) is 0.421. The van der Waals surface area contributed by atoms with Crippen molar-refractivity contribution in [3.8, 4) is 0 Å². The minimum atomic E-state index is 0.361. The first-order chi connectivity index (χ1) is 4.85. The molecule has 1 nitrogen and oxygen atoms in total. The summed E-state index contributed by atoms with van der Waals surface area (Å²) in [7, 11) is 0. The highest BCUT2D eigenvalue weighted by atomic mass is 16.1. The van der Waals surface area contributed by atoms with Gasteiger partial charge in [0.05, 0.1) is 0 Å². The van der Waals surface area contributed by atoms with Crippen molar-refractivity contribution in [2.45, 2.75) is 19.8 Å². The second-order valence-corrected chi connectivity index (χ2v) is 2.21. The number of carbonyl (C=O) groups is 1. The third kappa shape index (κ3) is 4.07. The van der Waals surface area contributed by atoms with Crippen LogP contribution < -0.4 is 0 Å². The summed E-state index contributed by atoms with van der Waals surface area (Å²) in [6.45, 7) is 5.57. The van der Waals surface area contributed by atoms with Crippen LogP contribution in [0.4, 0.5) is 0 Å². The molecule has 0 aromatic heterocycles. The molecule has 0 aromatic rings. The fourth-order valence-corrected chi connectivity index (χ4v) is 0.863. The van der Waals surface area contributed by atoms with Crippen molar-refractivity contribution < 1.29 is 4.79 Å². The number of carbonyl (C=O) groups excluding carboxylic acids is 1. The Morgan fingerprint density at radius 1 is 1.50 bits per heavy atom.